The maximum absolute atomic E-state index is 13.3. The number of nitrogens with one attached hydrogen (secondary N) is 2. The normalized spacial score (nSPS) is 10.1. The van der Waals surface area contributed by atoms with Crippen molar-refractivity contribution in [2.75, 3.05) is 18.5 Å². The van der Waals surface area contributed by atoms with Crippen molar-refractivity contribution in [2.45, 2.75) is 6.92 Å². The summed E-state index contributed by atoms with van der Waals surface area (Å²) in [6.07, 6.45) is 0. The third kappa shape index (κ3) is 4.56. The number of hydrogen-bond donors (Lipinski definition) is 2. The maximum Gasteiger partial charge on any atom is 0.261 e. The Bertz CT molecular complexity index is 672. The highest BCUT2D eigenvalue weighted by atomic mass is 32.1. The fourth-order valence-corrected chi connectivity index (χ4v) is 2.54. The topological polar surface area (TPSA) is 67.4 Å². The number of anilines is 1. The summed E-state index contributed by atoms with van der Waals surface area (Å²) >= 11 is 1.18. The number of carbonyl (C=O) groups excluding carboxylic acids is 2. The van der Waals surface area contributed by atoms with Gasteiger partial charge in [0, 0.05) is 6.92 Å². The fourth-order valence-electron chi connectivity index (χ4n) is 1.68. The van der Waals surface area contributed by atoms with Crippen molar-refractivity contribution in [2.24, 2.45) is 0 Å². The summed E-state index contributed by atoms with van der Waals surface area (Å²) in [6.45, 7) is 1.82. The molecule has 0 saturated carbocycles. The molecular formula is C15H15FN2O3S. The molecule has 2 amide bonds. The Morgan fingerprint density at radius 1 is 1.23 bits per heavy atom. The lowest BCUT2D eigenvalue weighted by atomic mass is 10.3. The monoisotopic (exact) mass is 322 g/mol. The van der Waals surface area contributed by atoms with Crippen molar-refractivity contribution in [1.82, 2.24) is 5.32 Å². The zero-order valence-corrected chi connectivity index (χ0v) is 12.7. The van der Waals surface area contributed by atoms with Crippen molar-refractivity contribution in [3.8, 4) is 5.75 Å². The molecule has 0 radical (unpaired) electrons. The van der Waals surface area contributed by atoms with Gasteiger partial charge in [-0.15, -0.1) is 11.3 Å². The molecule has 0 unspecified atom stereocenters. The van der Waals surface area contributed by atoms with Crippen LogP contribution in [0.2, 0.25) is 0 Å². The molecule has 22 heavy (non-hydrogen) atoms. The lowest BCUT2D eigenvalue weighted by molar-refractivity contribution is -0.114. The molecule has 1 aromatic heterocycles. The number of para-hydroxylation sites is 1. The van der Waals surface area contributed by atoms with Gasteiger partial charge in [-0.2, -0.15) is 0 Å². The smallest absolute Gasteiger partial charge is 0.261 e. The first-order chi connectivity index (χ1) is 10.6. The lowest BCUT2D eigenvalue weighted by Crippen LogP contribution is -2.27. The largest absolute Gasteiger partial charge is 0.489 e. The van der Waals surface area contributed by atoms with E-state index >= 15 is 0 Å². The summed E-state index contributed by atoms with van der Waals surface area (Å²) in [5.74, 6) is -0.737. The average molecular weight is 322 g/mol. The van der Waals surface area contributed by atoms with Crippen LogP contribution in [0.5, 0.6) is 5.75 Å². The second-order valence-corrected chi connectivity index (χ2v) is 5.46. The Morgan fingerprint density at radius 2 is 2.00 bits per heavy atom. The first-order valence-corrected chi connectivity index (χ1v) is 7.41. The average Bonchev–Trinajstić information content (AvgIpc) is 2.93. The van der Waals surface area contributed by atoms with Crippen LogP contribution in [-0.2, 0) is 4.79 Å². The van der Waals surface area contributed by atoms with E-state index in [0.717, 1.165) is 0 Å². The van der Waals surface area contributed by atoms with Crippen LogP contribution in [0.4, 0.5) is 9.39 Å². The molecule has 2 aromatic rings. The van der Waals surface area contributed by atoms with Crippen molar-refractivity contribution in [3.63, 3.8) is 0 Å². The lowest BCUT2D eigenvalue weighted by Gasteiger charge is -2.07. The van der Waals surface area contributed by atoms with E-state index in [1.165, 1.54) is 30.4 Å². The Labute approximate surface area is 131 Å². The summed E-state index contributed by atoms with van der Waals surface area (Å²) in [4.78, 5) is 23.3. The summed E-state index contributed by atoms with van der Waals surface area (Å²) in [7, 11) is 0. The molecule has 2 rings (SSSR count). The van der Waals surface area contributed by atoms with E-state index in [9.17, 15) is 14.0 Å². The van der Waals surface area contributed by atoms with E-state index in [1.807, 2.05) is 0 Å². The molecule has 2 N–H and O–H groups in total. The van der Waals surface area contributed by atoms with Crippen molar-refractivity contribution >= 4 is 28.2 Å². The minimum atomic E-state index is -0.438. The second-order valence-electron chi connectivity index (χ2n) is 4.38. The van der Waals surface area contributed by atoms with Crippen LogP contribution in [0.1, 0.15) is 16.6 Å². The minimum absolute atomic E-state index is 0.154. The molecule has 0 spiro atoms. The number of carbonyl (C=O) groups is 2. The van der Waals surface area contributed by atoms with Gasteiger partial charge in [-0.05, 0) is 24.3 Å². The van der Waals surface area contributed by atoms with Crippen LogP contribution in [0.15, 0.2) is 36.4 Å². The molecule has 0 bridgehead atoms. The van der Waals surface area contributed by atoms with Gasteiger partial charge in [0.15, 0.2) is 11.6 Å². The minimum Gasteiger partial charge on any atom is -0.489 e. The SMILES string of the molecule is CC(=O)Nc1ccc(C(=O)NCCOc2ccccc2F)s1. The van der Waals surface area contributed by atoms with Gasteiger partial charge < -0.3 is 15.4 Å². The van der Waals surface area contributed by atoms with E-state index in [2.05, 4.69) is 10.6 Å². The number of amides is 2. The first-order valence-electron chi connectivity index (χ1n) is 6.59. The third-order valence-electron chi connectivity index (χ3n) is 2.61. The molecule has 0 aliphatic carbocycles. The van der Waals surface area contributed by atoms with E-state index in [0.29, 0.717) is 9.88 Å². The molecule has 0 atom stereocenters. The van der Waals surface area contributed by atoms with E-state index in [-0.39, 0.29) is 30.7 Å². The first kappa shape index (κ1) is 16.0. The Hall–Kier alpha value is -2.41. The molecule has 0 saturated heterocycles. The van der Waals surface area contributed by atoms with Gasteiger partial charge in [0.25, 0.3) is 5.91 Å². The maximum atomic E-state index is 13.3. The van der Waals surface area contributed by atoms with Gasteiger partial charge in [-0.25, -0.2) is 4.39 Å². The predicted molar refractivity (Wildman–Crippen MR) is 82.9 cm³/mol. The molecule has 0 fully saturated rings. The fraction of sp³-hybridized carbons (Fsp3) is 0.200. The standard InChI is InChI=1S/C15H15FN2O3S/c1-10(19)18-14-7-6-13(22-14)15(20)17-8-9-21-12-5-3-2-4-11(12)16/h2-7H,8-9H2,1H3,(H,17,20)(H,18,19). The van der Waals surface area contributed by atoms with Gasteiger partial charge in [0.1, 0.15) is 6.61 Å². The number of rotatable bonds is 6. The Balaban J connectivity index is 1.77. The Kier molecular flexibility index (Phi) is 5.48. The quantitative estimate of drug-likeness (QED) is 0.804. The number of halogens is 1. The van der Waals surface area contributed by atoms with Gasteiger partial charge in [-0.1, -0.05) is 12.1 Å². The molecule has 0 aliphatic heterocycles. The van der Waals surface area contributed by atoms with Gasteiger partial charge in [0.2, 0.25) is 5.91 Å². The molecule has 116 valence electrons. The molecular weight excluding hydrogens is 307 g/mol. The highest BCUT2D eigenvalue weighted by Gasteiger charge is 2.09. The zero-order valence-electron chi connectivity index (χ0n) is 11.9. The van der Waals surface area contributed by atoms with Crippen LogP contribution in [-0.4, -0.2) is 25.0 Å². The van der Waals surface area contributed by atoms with Crippen LogP contribution in [0.25, 0.3) is 0 Å². The highest BCUT2D eigenvalue weighted by Crippen LogP contribution is 2.21. The zero-order chi connectivity index (χ0) is 15.9. The van der Waals surface area contributed by atoms with E-state index in [1.54, 1.807) is 24.3 Å². The van der Waals surface area contributed by atoms with Gasteiger partial charge in [-0.3, -0.25) is 9.59 Å². The molecule has 7 heteroatoms. The number of benzene rings is 1. The van der Waals surface area contributed by atoms with Crippen LogP contribution in [0.3, 0.4) is 0 Å². The summed E-state index contributed by atoms with van der Waals surface area (Å²) in [5, 5.41) is 5.89. The second kappa shape index (κ2) is 7.56. The van der Waals surface area contributed by atoms with E-state index < -0.39 is 5.82 Å². The summed E-state index contributed by atoms with van der Waals surface area (Å²) < 4.78 is 18.5. The van der Waals surface area contributed by atoms with Crippen LogP contribution < -0.4 is 15.4 Å². The predicted octanol–water partition coefficient (Wildman–Crippen LogP) is 2.65. The van der Waals surface area contributed by atoms with Crippen molar-refractivity contribution < 1.29 is 18.7 Å². The molecule has 1 aromatic carbocycles. The summed E-state index contributed by atoms with van der Waals surface area (Å²) in [6, 6.07) is 9.37. The summed E-state index contributed by atoms with van der Waals surface area (Å²) in [5.41, 5.74) is 0. The molecule has 0 aliphatic rings. The third-order valence-corrected chi connectivity index (χ3v) is 3.61. The highest BCUT2D eigenvalue weighted by molar-refractivity contribution is 7.18. The van der Waals surface area contributed by atoms with Crippen molar-refractivity contribution in [3.05, 3.63) is 47.1 Å². The number of hydrogen-bond acceptors (Lipinski definition) is 4. The van der Waals surface area contributed by atoms with Crippen LogP contribution in [0, 0.1) is 5.82 Å². The van der Waals surface area contributed by atoms with Gasteiger partial charge >= 0.3 is 0 Å². The van der Waals surface area contributed by atoms with E-state index in [4.69, 9.17) is 4.74 Å². The number of ether oxygens (including phenoxy) is 1. The van der Waals surface area contributed by atoms with Crippen molar-refractivity contribution in [1.29, 1.82) is 0 Å². The molecule has 1 heterocycles. The van der Waals surface area contributed by atoms with Crippen LogP contribution >= 0.6 is 11.3 Å². The molecule has 5 nitrogen and oxygen atoms in total. The Morgan fingerprint density at radius 3 is 2.73 bits per heavy atom. The number of thiophene rings is 1. The van der Waals surface area contributed by atoms with Gasteiger partial charge in [0.05, 0.1) is 16.4 Å².